The number of benzene rings is 4. The zero-order chi connectivity index (χ0) is 26.4. The molecule has 0 bridgehead atoms. The zero-order valence-electron chi connectivity index (χ0n) is 23.1. The van der Waals surface area contributed by atoms with Crippen molar-refractivity contribution in [2.24, 2.45) is 5.92 Å². The van der Waals surface area contributed by atoms with E-state index in [1.54, 1.807) is 0 Å². The Morgan fingerprint density at radius 1 is 0.737 bits per heavy atom. The van der Waals surface area contributed by atoms with Crippen LogP contribution in [0.3, 0.4) is 0 Å². The van der Waals surface area contributed by atoms with E-state index in [0.717, 1.165) is 11.2 Å². The topological polar surface area (TPSA) is 23.4 Å². The maximum atomic E-state index is 6.46. The van der Waals surface area contributed by atoms with Gasteiger partial charge in [-0.25, -0.2) is 0 Å². The molecular formula is C34H34BNO2. The van der Waals surface area contributed by atoms with E-state index in [0.29, 0.717) is 5.92 Å². The van der Waals surface area contributed by atoms with E-state index in [9.17, 15) is 0 Å². The zero-order valence-corrected chi connectivity index (χ0v) is 23.1. The lowest BCUT2D eigenvalue weighted by atomic mass is 9.79. The van der Waals surface area contributed by atoms with E-state index >= 15 is 0 Å². The molecule has 4 aromatic carbocycles. The third-order valence-corrected chi connectivity index (χ3v) is 8.75. The largest absolute Gasteiger partial charge is 0.494 e. The highest BCUT2D eigenvalue weighted by atomic mass is 16.7. The maximum absolute atomic E-state index is 6.46. The predicted octanol–water partition coefficient (Wildman–Crippen LogP) is 7.64. The van der Waals surface area contributed by atoms with Crippen LogP contribution >= 0.6 is 0 Å². The van der Waals surface area contributed by atoms with Gasteiger partial charge < -0.3 is 13.9 Å². The average Bonchev–Trinajstić information content (AvgIpc) is 3.48. The van der Waals surface area contributed by atoms with Gasteiger partial charge in [-0.1, -0.05) is 82.3 Å². The molecule has 3 nitrogen and oxygen atoms in total. The molecule has 2 heterocycles. The van der Waals surface area contributed by atoms with Gasteiger partial charge in [-0.2, -0.15) is 0 Å². The Hall–Kier alpha value is -3.34. The fraction of sp³-hybridized carbons (Fsp3) is 0.294. The molecule has 4 heteroatoms. The summed E-state index contributed by atoms with van der Waals surface area (Å²) in [5.74, 6) is 0.380. The molecule has 1 aliphatic carbocycles. The first-order valence-electron chi connectivity index (χ1n) is 13.8. The van der Waals surface area contributed by atoms with Crippen molar-refractivity contribution in [1.29, 1.82) is 0 Å². The standard InChI is InChI=1S/C34H34BNO2/c1-21(2)32-34(5,6)38-35(37-32)22-12-11-13-23(18-22)36-30-17-10-8-15-25(30)27-19-26-24-14-7-9-16-28(24)33(3,4)29(26)20-31(27)36/h7-21,32H,1-6H3/t32-/m1/s1. The molecule has 1 aromatic heterocycles. The summed E-state index contributed by atoms with van der Waals surface area (Å²) < 4.78 is 15.3. The summed E-state index contributed by atoms with van der Waals surface area (Å²) >= 11 is 0. The van der Waals surface area contributed by atoms with Gasteiger partial charge in [0.2, 0.25) is 0 Å². The van der Waals surface area contributed by atoms with Crippen LogP contribution < -0.4 is 5.46 Å². The van der Waals surface area contributed by atoms with Crippen LogP contribution in [0.1, 0.15) is 52.7 Å². The van der Waals surface area contributed by atoms with Crippen LogP contribution in [0.15, 0.2) is 84.9 Å². The van der Waals surface area contributed by atoms with E-state index in [1.165, 1.54) is 44.1 Å². The summed E-state index contributed by atoms with van der Waals surface area (Å²) in [6, 6.07) is 31.1. The predicted molar refractivity (Wildman–Crippen MR) is 159 cm³/mol. The molecule has 0 unspecified atom stereocenters. The second-order valence-corrected chi connectivity index (χ2v) is 12.4. The fourth-order valence-corrected chi connectivity index (χ4v) is 7.03. The van der Waals surface area contributed by atoms with E-state index in [2.05, 4.69) is 131 Å². The van der Waals surface area contributed by atoms with Crippen molar-refractivity contribution in [2.75, 3.05) is 0 Å². The normalized spacial score (nSPS) is 19.4. The van der Waals surface area contributed by atoms with Gasteiger partial charge in [0.05, 0.1) is 22.7 Å². The number of hydrogen-bond donors (Lipinski definition) is 0. The first kappa shape index (κ1) is 23.8. The van der Waals surface area contributed by atoms with Crippen molar-refractivity contribution < 1.29 is 9.31 Å². The van der Waals surface area contributed by atoms with Crippen molar-refractivity contribution in [1.82, 2.24) is 4.57 Å². The number of rotatable bonds is 3. The van der Waals surface area contributed by atoms with E-state index < -0.39 is 0 Å². The van der Waals surface area contributed by atoms with Gasteiger partial charge in [0, 0.05) is 21.9 Å². The third kappa shape index (κ3) is 3.30. The van der Waals surface area contributed by atoms with Crippen molar-refractivity contribution in [2.45, 2.75) is 58.7 Å². The molecule has 0 saturated carbocycles. The highest BCUT2D eigenvalue weighted by Crippen LogP contribution is 2.50. The molecule has 38 heavy (non-hydrogen) atoms. The Bertz CT molecular complexity index is 1730. The molecule has 1 fully saturated rings. The Morgan fingerprint density at radius 3 is 2.29 bits per heavy atom. The second kappa shape index (κ2) is 8.08. The smallest absolute Gasteiger partial charge is 0.401 e. The lowest BCUT2D eigenvalue weighted by Crippen LogP contribution is -2.37. The van der Waals surface area contributed by atoms with E-state index in [-0.39, 0.29) is 24.2 Å². The van der Waals surface area contributed by atoms with Gasteiger partial charge in [0.15, 0.2) is 0 Å². The summed E-state index contributed by atoms with van der Waals surface area (Å²) in [6.07, 6.45) is 0.0517. The minimum Gasteiger partial charge on any atom is -0.401 e. The number of nitrogens with zero attached hydrogens (tertiary/aromatic N) is 1. The Labute approximate surface area is 225 Å². The Balaban J connectivity index is 1.43. The Morgan fingerprint density at radius 2 is 1.50 bits per heavy atom. The van der Waals surface area contributed by atoms with Crippen LogP contribution in [0.25, 0.3) is 38.6 Å². The van der Waals surface area contributed by atoms with E-state index in [1.807, 2.05) is 0 Å². The number of para-hydroxylation sites is 1. The van der Waals surface area contributed by atoms with E-state index in [4.69, 9.17) is 9.31 Å². The molecule has 1 saturated heterocycles. The van der Waals surface area contributed by atoms with Gasteiger partial charge in [-0.15, -0.1) is 0 Å². The maximum Gasteiger partial charge on any atom is 0.494 e. The quantitative estimate of drug-likeness (QED) is 0.238. The summed E-state index contributed by atoms with van der Waals surface area (Å²) in [7, 11) is -0.372. The van der Waals surface area contributed by atoms with Crippen LogP contribution in [0.4, 0.5) is 0 Å². The lowest BCUT2D eigenvalue weighted by molar-refractivity contribution is 0.0438. The molecule has 5 aromatic rings. The molecule has 1 aliphatic heterocycles. The van der Waals surface area contributed by atoms with Crippen molar-refractivity contribution in [3.05, 3.63) is 96.1 Å². The number of hydrogen-bond acceptors (Lipinski definition) is 2. The minimum absolute atomic E-state index is 0.0494. The molecule has 7 rings (SSSR count). The average molecular weight is 499 g/mol. The van der Waals surface area contributed by atoms with Crippen LogP contribution in [-0.2, 0) is 14.7 Å². The molecule has 2 aliphatic rings. The fourth-order valence-electron chi connectivity index (χ4n) is 7.03. The third-order valence-electron chi connectivity index (χ3n) is 8.75. The van der Waals surface area contributed by atoms with Crippen molar-refractivity contribution in [3.63, 3.8) is 0 Å². The summed E-state index contributed by atoms with van der Waals surface area (Å²) in [4.78, 5) is 0. The van der Waals surface area contributed by atoms with Crippen molar-refractivity contribution in [3.8, 4) is 16.8 Å². The van der Waals surface area contributed by atoms with Crippen LogP contribution in [0.2, 0.25) is 0 Å². The monoisotopic (exact) mass is 499 g/mol. The first-order valence-corrected chi connectivity index (χ1v) is 13.8. The van der Waals surface area contributed by atoms with Crippen molar-refractivity contribution >= 4 is 34.4 Å². The molecule has 1 atom stereocenters. The molecule has 0 N–H and O–H groups in total. The van der Waals surface area contributed by atoms with Crippen LogP contribution in [0, 0.1) is 5.92 Å². The van der Waals surface area contributed by atoms with Gasteiger partial charge in [0.25, 0.3) is 0 Å². The summed E-state index contributed by atoms with van der Waals surface area (Å²) in [6.45, 7) is 13.4. The van der Waals surface area contributed by atoms with Gasteiger partial charge in [0.1, 0.15) is 0 Å². The minimum atomic E-state index is -0.372. The van der Waals surface area contributed by atoms with Gasteiger partial charge in [-0.3, -0.25) is 0 Å². The summed E-state index contributed by atoms with van der Waals surface area (Å²) in [5, 5.41) is 2.55. The van der Waals surface area contributed by atoms with Crippen LogP contribution in [-0.4, -0.2) is 23.4 Å². The van der Waals surface area contributed by atoms with Crippen LogP contribution in [0.5, 0.6) is 0 Å². The molecule has 0 radical (unpaired) electrons. The molecule has 0 spiro atoms. The second-order valence-electron chi connectivity index (χ2n) is 12.4. The highest BCUT2D eigenvalue weighted by Gasteiger charge is 2.47. The number of fused-ring (bicyclic) bond motifs is 6. The SMILES string of the molecule is CC(C)[C@H]1OB(c2cccc(-n3c4ccccc4c4cc5c(cc43)C(C)(C)c3ccccc3-5)c2)OC1(C)C. The van der Waals surface area contributed by atoms with Gasteiger partial charge >= 0.3 is 7.12 Å². The lowest BCUT2D eigenvalue weighted by Gasteiger charge is -2.28. The number of aromatic nitrogens is 1. The molecule has 0 amide bonds. The van der Waals surface area contributed by atoms with Gasteiger partial charge in [-0.05, 0) is 77.8 Å². The Kier molecular flexibility index (Phi) is 5.05. The molecule has 190 valence electrons. The highest BCUT2D eigenvalue weighted by molar-refractivity contribution is 6.62. The summed E-state index contributed by atoms with van der Waals surface area (Å²) in [5.41, 5.74) is 9.73. The molecular weight excluding hydrogens is 465 g/mol. The first-order chi connectivity index (χ1) is 18.2.